The SMILES string of the molecule is Cc1c(C(C)NC(=O)CN)oc2ccccc12. The highest BCUT2D eigenvalue weighted by atomic mass is 16.3. The van der Waals surface area contributed by atoms with Gasteiger partial charge in [0.1, 0.15) is 11.3 Å². The molecule has 0 saturated carbocycles. The normalized spacial score (nSPS) is 12.6. The third kappa shape index (κ3) is 2.17. The highest BCUT2D eigenvalue weighted by Gasteiger charge is 2.17. The number of aryl methyl sites for hydroxylation is 1. The summed E-state index contributed by atoms with van der Waals surface area (Å²) in [5.41, 5.74) is 7.17. The zero-order valence-electron chi connectivity index (χ0n) is 9.99. The molecule has 1 aromatic carbocycles. The number of furan rings is 1. The minimum Gasteiger partial charge on any atom is -0.459 e. The van der Waals surface area contributed by atoms with Crippen LogP contribution in [-0.2, 0) is 4.79 Å². The molecule has 0 bridgehead atoms. The summed E-state index contributed by atoms with van der Waals surface area (Å²) in [5.74, 6) is 0.602. The number of carbonyl (C=O) groups is 1. The van der Waals surface area contributed by atoms with Crippen LogP contribution in [0, 0.1) is 6.92 Å². The first-order chi connectivity index (χ1) is 8.13. The summed E-state index contributed by atoms with van der Waals surface area (Å²) in [4.78, 5) is 11.2. The second kappa shape index (κ2) is 4.59. The van der Waals surface area contributed by atoms with Crippen molar-refractivity contribution in [2.24, 2.45) is 5.73 Å². The smallest absolute Gasteiger partial charge is 0.234 e. The van der Waals surface area contributed by atoms with E-state index in [1.807, 2.05) is 38.1 Å². The molecule has 4 heteroatoms. The van der Waals surface area contributed by atoms with Gasteiger partial charge in [-0.1, -0.05) is 18.2 Å². The maximum Gasteiger partial charge on any atom is 0.234 e. The van der Waals surface area contributed by atoms with E-state index in [1.165, 1.54) is 0 Å². The van der Waals surface area contributed by atoms with Crippen molar-refractivity contribution in [1.29, 1.82) is 0 Å². The van der Waals surface area contributed by atoms with Crippen LogP contribution in [0.5, 0.6) is 0 Å². The Kier molecular flexibility index (Phi) is 3.15. The van der Waals surface area contributed by atoms with Gasteiger partial charge in [0.2, 0.25) is 5.91 Å². The van der Waals surface area contributed by atoms with Crippen molar-refractivity contribution >= 4 is 16.9 Å². The van der Waals surface area contributed by atoms with Crippen LogP contribution < -0.4 is 11.1 Å². The lowest BCUT2D eigenvalue weighted by Crippen LogP contribution is -2.32. The molecule has 1 heterocycles. The summed E-state index contributed by atoms with van der Waals surface area (Å²) in [5, 5.41) is 3.87. The molecular weight excluding hydrogens is 216 g/mol. The zero-order chi connectivity index (χ0) is 12.4. The number of amides is 1. The monoisotopic (exact) mass is 232 g/mol. The number of hydrogen-bond acceptors (Lipinski definition) is 3. The molecule has 0 fully saturated rings. The van der Waals surface area contributed by atoms with Crippen molar-refractivity contribution in [2.45, 2.75) is 19.9 Å². The predicted octanol–water partition coefficient (Wildman–Crippen LogP) is 1.88. The lowest BCUT2D eigenvalue weighted by Gasteiger charge is -2.11. The summed E-state index contributed by atoms with van der Waals surface area (Å²) < 4.78 is 5.75. The summed E-state index contributed by atoms with van der Waals surface area (Å²) in [6.07, 6.45) is 0. The molecule has 0 saturated heterocycles. The van der Waals surface area contributed by atoms with Gasteiger partial charge in [-0.25, -0.2) is 0 Å². The van der Waals surface area contributed by atoms with Gasteiger partial charge in [-0.05, 0) is 19.9 Å². The van der Waals surface area contributed by atoms with Crippen LogP contribution in [0.15, 0.2) is 28.7 Å². The summed E-state index contributed by atoms with van der Waals surface area (Å²) in [6.45, 7) is 3.87. The molecule has 0 aliphatic rings. The van der Waals surface area contributed by atoms with Crippen LogP contribution in [0.1, 0.15) is 24.3 Å². The van der Waals surface area contributed by atoms with Gasteiger partial charge in [-0.15, -0.1) is 0 Å². The fourth-order valence-corrected chi connectivity index (χ4v) is 1.97. The van der Waals surface area contributed by atoms with E-state index in [4.69, 9.17) is 10.2 Å². The highest BCUT2D eigenvalue weighted by Crippen LogP contribution is 2.28. The Hall–Kier alpha value is -1.81. The molecule has 4 nitrogen and oxygen atoms in total. The Bertz CT molecular complexity index is 545. The molecule has 2 rings (SSSR count). The van der Waals surface area contributed by atoms with Gasteiger partial charge in [0.25, 0.3) is 0 Å². The summed E-state index contributed by atoms with van der Waals surface area (Å²) in [6, 6.07) is 7.66. The van der Waals surface area contributed by atoms with Gasteiger partial charge in [0.15, 0.2) is 0 Å². The van der Waals surface area contributed by atoms with E-state index < -0.39 is 0 Å². The molecule has 17 heavy (non-hydrogen) atoms. The maximum absolute atomic E-state index is 11.2. The van der Waals surface area contributed by atoms with E-state index in [1.54, 1.807) is 0 Å². The second-order valence-electron chi connectivity index (χ2n) is 4.08. The van der Waals surface area contributed by atoms with Crippen molar-refractivity contribution < 1.29 is 9.21 Å². The number of rotatable bonds is 3. The van der Waals surface area contributed by atoms with E-state index in [-0.39, 0.29) is 18.5 Å². The van der Waals surface area contributed by atoms with E-state index >= 15 is 0 Å². The molecule has 1 aromatic heterocycles. The lowest BCUT2D eigenvalue weighted by atomic mass is 10.1. The fourth-order valence-electron chi connectivity index (χ4n) is 1.97. The number of carbonyl (C=O) groups excluding carboxylic acids is 1. The van der Waals surface area contributed by atoms with Crippen molar-refractivity contribution in [2.75, 3.05) is 6.54 Å². The van der Waals surface area contributed by atoms with Gasteiger partial charge < -0.3 is 15.5 Å². The van der Waals surface area contributed by atoms with Gasteiger partial charge in [0, 0.05) is 10.9 Å². The maximum atomic E-state index is 11.2. The first kappa shape index (κ1) is 11.7. The minimum absolute atomic E-state index is 0.0103. The van der Waals surface area contributed by atoms with E-state index in [0.717, 1.165) is 22.3 Å². The van der Waals surface area contributed by atoms with E-state index in [0.29, 0.717) is 0 Å². The van der Waals surface area contributed by atoms with Crippen molar-refractivity contribution in [3.8, 4) is 0 Å². The molecule has 0 aliphatic carbocycles. The number of nitrogens with one attached hydrogen (secondary N) is 1. The third-order valence-corrected chi connectivity index (χ3v) is 2.84. The van der Waals surface area contributed by atoms with Crippen molar-refractivity contribution in [1.82, 2.24) is 5.32 Å². The Morgan fingerprint density at radius 1 is 1.47 bits per heavy atom. The molecule has 2 aromatic rings. The molecule has 1 atom stereocenters. The average molecular weight is 232 g/mol. The Morgan fingerprint density at radius 2 is 2.18 bits per heavy atom. The van der Waals surface area contributed by atoms with E-state index in [2.05, 4.69) is 5.32 Å². The minimum atomic E-state index is -0.183. The second-order valence-corrected chi connectivity index (χ2v) is 4.08. The van der Waals surface area contributed by atoms with Gasteiger partial charge in [0.05, 0.1) is 12.6 Å². The molecule has 1 amide bonds. The zero-order valence-corrected chi connectivity index (χ0v) is 9.99. The molecular formula is C13H16N2O2. The Balaban J connectivity index is 2.35. The Morgan fingerprint density at radius 3 is 2.82 bits per heavy atom. The van der Waals surface area contributed by atoms with E-state index in [9.17, 15) is 4.79 Å². The molecule has 0 aliphatic heterocycles. The predicted molar refractivity (Wildman–Crippen MR) is 66.6 cm³/mol. The number of fused-ring (bicyclic) bond motifs is 1. The summed E-state index contributed by atoms with van der Waals surface area (Å²) in [7, 11) is 0. The van der Waals surface area contributed by atoms with Crippen LogP contribution >= 0.6 is 0 Å². The number of hydrogen-bond donors (Lipinski definition) is 2. The number of benzene rings is 1. The van der Waals surface area contributed by atoms with Crippen LogP contribution in [0.2, 0.25) is 0 Å². The molecule has 90 valence electrons. The van der Waals surface area contributed by atoms with Crippen LogP contribution in [0.4, 0.5) is 0 Å². The topological polar surface area (TPSA) is 68.3 Å². The van der Waals surface area contributed by atoms with Crippen LogP contribution in [0.3, 0.4) is 0 Å². The molecule has 0 spiro atoms. The number of nitrogens with two attached hydrogens (primary N) is 1. The Labute approximate surface area is 99.8 Å². The van der Waals surface area contributed by atoms with Gasteiger partial charge >= 0.3 is 0 Å². The molecule has 3 N–H and O–H groups in total. The number of para-hydroxylation sites is 1. The summed E-state index contributed by atoms with van der Waals surface area (Å²) >= 11 is 0. The van der Waals surface area contributed by atoms with Crippen LogP contribution in [0.25, 0.3) is 11.0 Å². The van der Waals surface area contributed by atoms with Crippen molar-refractivity contribution in [3.05, 3.63) is 35.6 Å². The third-order valence-electron chi connectivity index (χ3n) is 2.84. The average Bonchev–Trinajstić information content (AvgIpc) is 2.67. The quantitative estimate of drug-likeness (QED) is 0.849. The first-order valence-corrected chi connectivity index (χ1v) is 5.61. The molecule has 0 radical (unpaired) electrons. The largest absolute Gasteiger partial charge is 0.459 e. The highest BCUT2D eigenvalue weighted by molar-refractivity contribution is 5.83. The molecule has 1 unspecified atom stereocenters. The fraction of sp³-hybridized carbons (Fsp3) is 0.308. The lowest BCUT2D eigenvalue weighted by molar-refractivity contribution is -0.120. The van der Waals surface area contributed by atoms with Gasteiger partial charge in [-0.3, -0.25) is 4.79 Å². The standard InChI is InChI=1S/C13H16N2O2/c1-8-10-5-3-4-6-11(10)17-13(8)9(2)15-12(16)7-14/h3-6,9H,7,14H2,1-2H3,(H,15,16). The first-order valence-electron chi connectivity index (χ1n) is 5.61. The van der Waals surface area contributed by atoms with Crippen molar-refractivity contribution in [3.63, 3.8) is 0 Å². The van der Waals surface area contributed by atoms with Gasteiger partial charge in [-0.2, -0.15) is 0 Å². The van der Waals surface area contributed by atoms with Crippen LogP contribution in [-0.4, -0.2) is 12.5 Å².